The smallest absolute Gasteiger partial charge is 0.338 e. The highest BCUT2D eigenvalue weighted by Gasteiger charge is 2.27. The van der Waals surface area contributed by atoms with Gasteiger partial charge in [-0.1, -0.05) is 0 Å². The lowest BCUT2D eigenvalue weighted by Gasteiger charge is -2.17. The van der Waals surface area contributed by atoms with E-state index >= 15 is 0 Å². The second-order valence-corrected chi connectivity index (χ2v) is 5.92. The van der Waals surface area contributed by atoms with Crippen molar-refractivity contribution in [1.29, 1.82) is 0 Å². The number of benzene rings is 1. The van der Waals surface area contributed by atoms with Crippen molar-refractivity contribution < 1.29 is 23.9 Å². The highest BCUT2D eigenvalue weighted by atomic mass is 32.2. The van der Waals surface area contributed by atoms with Crippen LogP contribution < -0.4 is 10.6 Å². The van der Waals surface area contributed by atoms with Crippen molar-refractivity contribution in [1.82, 2.24) is 10.2 Å². The molecule has 2 heterocycles. The number of amides is 4. The van der Waals surface area contributed by atoms with E-state index in [-0.39, 0.29) is 18.0 Å². The van der Waals surface area contributed by atoms with Gasteiger partial charge < -0.3 is 15.4 Å². The minimum absolute atomic E-state index is 0.136. The van der Waals surface area contributed by atoms with Gasteiger partial charge in [0.2, 0.25) is 5.91 Å². The Morgan fingerprint density at radius 3 is 2.87 bits per heavy atom. The zero-order valence-corrected chi connectivity index (χ0v) is 12.8. The third-order valence-electron chi connectivity index (χ3n) is 3.33. The van der Waals surface area contributed by atoms with Gasteiger partial charge >= 0.3 is 12.0 Å². The first-order valence-corrected chi connectivity index (χ1v) is 7.85. The molecule has 2 aliphatic rings. The minimum Gasteiger partial charge on any atom is -0.452 e. The first-order valence-electron chi connectivity index (χ1n) is 6.86. The Morgan fingerprint density at radius 2 is 2.13 bits per heavy atom. The van der Waals surface area contributed by atoms with Crippen molar-refractivity contribution in [2.75, 3.05) is 30.8 Å². The summed E-state index contributed by atoms with van der Waals surface area (Å²) in [4.78, 5) is 48.4. The van der Waals surface area contributed by atoms with Crippen molar-refractivity contribution in [3.63, 3.8) is 0 Å². The molecule has 0 spiro atoms. The van der Waals surface area contributed by atoms with Crippen molar-refractivity contribution in [3.05, 3.63) is 23.8 Å². The third-order valence-corrected chi connectivity index (χ3v) is 4.41. The van der Waals surface area contributed by atoms with Gasteiger partial charge in [0.15, 0.2) is 6.61 Å². The Morgan fingerprint density at radius 1 is 1.30 bits per heavy atom. The van der Waals surface area contributed by atoms with Crippen LogP contribution in [0, 0.1) is 0 Å². The number of imide groups is 1. The molecule has 2 aliphatic heterocycles. The summed E-state index contributed by atoms with van der Waals surface area (Å²) in [6, 6.07) is 4.30. The molecule has 0 saturated carbocycles. The molecule has 0 aliphatic carbocycles. The fourth-order valence-corrected chi connectivity index (χ4v) is 3.00. The highest BCUT2D eigenvalue weighted by Crippen LogP contribution is 2.32. The summed E-state index contributed by atoms with van der Waals surface area (Å²) in [6.07, 6.45) is 0. The lowest BCUT2D eigenvalue weighted by molar-refractivity contribution is -0.130. The van der Waals surface area contributed by atoms with Crippen molar-refractivity contribution in [2.45, 2.75) is 4.90 Å². The summed E-state index contributed by atoms with van der Waals surface area (Å²) in [5.74, 6) is -1.06. The number of urea groups is 1. The number of hydrogen-bond donors (Lipinski definition) is 2. The number of anilines is 1. The van der Waals surface area contributed by atoms with Crippen LogP contribution in [0.15, 0.2) is 23.1 Å². The van der Waals surface area contributed by atoms with Crippen molar-refractivity contribution in [2.24, 2.45) is 0 Å². The van der Waals surface area contributed by atoms with Gasteiger partial charge in [-0.2, -0.15) is 0 Å². The predicted molar refractivity (Wildman–Crippen MR) is 81.2 cm³/mol. The summed E-state index contributed by atoms with van der Waals surface area (Å²) in [5.41, 5.74) is 0.774. The van der Waals surface area contributed by atoms with Gasteiger partial charge in [-0.25, -0.2) is 9.59 Å². The second kappa shape index (κ2) is 6.29. The number of carbonyl (C=O) groups excluding carboxylic acids is 4. The van der Waals surface area contributed by atoms with E-state index in [4.69, 9.17) is 4.74 Å². The number of esters is 1. The fraction of sp³-hybridized carbons (Fsp3) is 0.286. The van der Waals surface area contributed by atoms with Crippen LogP contribution in [-0.2, 0) is 14.3 Å². The molecule has 1 aromatic carbocycles. The molecule has 9 heteroatoms. The molecule has 0 unspecified atom stereocenters. The highest BCUT2D eigenvalue weighted by molar-refractivity contribution is 8.00. The summed E-state index contributed by atoms with van der Waals surface area (Å²) in [7, 11) is 0. The van der Waals surface area contributed by atoms with E-state index in [0.717, 1.165) is 9.80 Å². The molecular formula is C14H13N3O5S. The van der Waals surface area contributed by atoms with E-state index in [1.807, 2.05) is 0 Å². The predicted octanol–water partition coefficient (Wildman–Crippen LogP) is 0.439. The van der Waals surface area contributed by atoms with Crippen LogP contribution in [-0.4, -0.2) is 54.2 Å². The van der Waals surface area contributed by atoms with Crippen LogP contribution in [0.4, 0.5) is 10.5 Å². The van der Waals surface area contributed by atoms with E-state index in [0.29, 0.717) is 18.0 Å². The number of nitrogens with one attached hydrogen (secondary N) is 2. The topological polar surface area (TPSA) is 105 Å². The molecule has 8 nitrogen and oxygen atoms in total. The molecule has 0 radical (unpaired) electrons. The lowest BCUT2D eigenvalue weighted by Crippen LogP contribution is -2.37. The van der Waals surface area contributed by atoms with Crippen LogP contribution >= 0.6 is 11.8 Å². The van der Waals surface area contributed by atoms with E-state index in [9.17, 15) is 19.2 Å². The molecule has 4 amide bonds. The maximum atomic E-state index is 12.0. The van der Waals surface area contributed by atoms with Crippen LogP contribution in [0.25, 0.3) is 0 Å². The monoisotopic (exact) mass is 335 g/mol. The molecule has 0 atom stereocenters. The van der Waals surface area contributed by atoms with E-state index in [1.54, 1.807) is 12.1 Å². The summed E-state index contributed by atoms with van der Waals surface area (Å²) < 4.78 is 4.94. The zero-order chi connectivity index (χ0) is 16.4. The van der Waals surface area contributed by atoms with Gasteiger partial charge in [0.05, 0.1) is 17.0 Å². The van der Waals surface area contributed by atoms with Crippen LogP contribution in [0.5, 0.6) is 0 Å². The first-order chi connectivity index (χ1) is 11.0. The lowest BCUT2D eigenvalue weighted by atomic mass is 10.2. The van der Waals surface area contributed by atoms with E-state index in [1.165, 1.54) is 17.8 Å². The fourth-order valence-electron chi connectivity index (χ4n) is 2.21. The molecule has 0 bridgehead atoms. The standard InChI is InChI=1S/C14H13N3O5S/c18-11-7-23-10-2-1-8(5-9(10)16-11)13(20)22-6-12(19)17-4-3-15-14(17)21/h1-2,5H,3-4,6-7H2,(H,15,21)(H,16,18). The summed E-state index contributed by atoms with van der Waals surface area (Å²) in [5, 5.41) is 5.17. The number of fused-ring (bicyclic) bond motifs is 1. The van der Waals surface area contributed by atoms with Crippen LogP contribution in [0.2, 0.25) is 0 Å². The third kappa shape index (κ3) is 3.29. The maximum Gasteiger partial charge on any atom is 0.338 e. The summed E-state index contributed by atoms with van der Waals surface area (Å²) >= 11 is 1.38. The average molecular weight is 335 g/mol. The second-order valence-electron chi connectivity index (χ2n) is 4.90. The Labute approximate surface area is 135 Å². The molecule has 1 fully saturated rings. The van der Waals surface area contributed by atoms with Gasteiger partial charge in [0.25, 0.3) is 5.91 Å². The van der Waals surface area contributed by atoms with E-state index in [2.05, 4.69) is 10.6 Å². The molecule has 1 aromatic rings. The van der Waals surface area contributed by atoms with Crippen LogP contribution in [0.1, 0.15) is 10.4 Å². The average Bonchev–Trinajstić information content (AvgIpc) is 2.97. The zero-order valence-electron chi connectivity index (χ0n) is 12.0. The Balaban J connectivity index is 1.62. The molecule has 23 heavy (non-hydrogen) atoms. The molecule has 2 N–H and O–H groups in total. The van der Waals surface area contributed by atoms with Crippen molar-refractivity contribution >= 4 is 41.3 Å². The van der Waals surface area contributed by atoms with Crippen molar-refractivity contribution in [3.8, 4) is 0 Å². The Bertz CT molecular complexity index is 706. The first kappa shape index (κ1) is 15.3. The van der Waals surface area contributed by atoms with Gasteiger partial charge in [-0.05, 0) is 18.2 Å². The molecular weight excluding hydrogens is 322 g/mol. The number of nitrogens with zero attached hydrogens (tertiary/aromatic N) is 1. The van der Waals surface area contributed by atoms with Crippen LogP contribution in [0.3, 0.4) is 0 Å². The summed E-state index contributed by atoms with van der Waals surface area (Å²) in [6.45, 7) is 0.141. The molecule has 3 rings (SSSR count). The molecule has 0 aromatic heterocycles. The number of rotatable bonds is 3. The normalized spacial score (nSPS) is 16.4. The van der Waals surface area contributed by atoms with Gasteiger partial charge in [0, 0.05) is 18.0 Å². The van der Waals surface area contributed by atoms with Gasteiger partial charge in [-0.3, -0.25) is 14.5 Å². The van der Waals surface area contributed by atoms with Gasteiger partial charge in [-0.15, -0.1) is 11.8 Å². The van der Waals surface area contributed by atoms with Gasteiger partial charge in [0.1, 0.15) is 0 Å². The Hall–Kier alpha value is -2.55. The number of ether oxygens (including phenoxy) is 1. The Kier molecular flexibility index (Phi) is 4.20. The number of carbonyl (C=O) groups is 4. The molecule has 120 valence electrons. The SMILES string of the molecule is O=C1CSc2ccc(C(=O)OCC(=O)N3CCNC3=O)cc2N1. The quantitative estimate of drug-likeness (QED) is 0.777. The number of hydrogen-bond acceptors (Lipinski definition) is 6. The number of thioether (sulfide) groups is 1. The van der Waals surface area contributed by atoms with E-state index < -0.39 is 24.5 Å². The molecule has 1 saturated heterocycles. The minimum atomic E-state index is -0.689. The maximum absolute atomic E-state index is 12.0. The largest absolute Gasteiger partial charge is 0.452 e.